The van der Waals surface area contributed by atoms with Crippen LogP contribution in [0.25, 0.3) is 0 Å². The van der Waals surface area contributed by atoms with Crippen LogP contribution in [0.2, 0.25) is 0 Å². The number of aliphatic carboxylic acids is 1. The summed E-state index contributed by atoms with van der Waals surface area (Å²) in [6.07, 6.45) is -10.3. The number of hydrogen-bond donors (Lipinski definition) is 6. The van der Waals surface area contributed by atoms with Crippen LogP contribution in [0.4, 0.5) is 0 Å². The predicted octanol–water partition coefficient (Wildman–Crippen LogP) is -3.94. The molecule has 0 aromatic rings. The smallest absolute Gasteiger partial charge is 0.329 e. The Morgan fingerprint density at radius 1 is 1.13 bits per heavy atom. The summed E-state index contributed by atoms with van der Waals surface area (Å²) >= 11 is 0. The summed E-state index contributed by atoms with van der Waals surface area (Å²) in [6.45, 7) is -0.824. The minimum absolute atomic E-state index is 0.824. The Morgan fingerprint density at radius 2 is 1.70 bits per heavy atom. The molecule has 23 heavy (non-hydrogen) atoms. The molecule has 1 saturated heterocycles. The van der Waals surface area contributed by atoms with Crippen molar-refractivity contribution >= 4 is 22.1 Å². The van der Waals surface area contributed by atoms with Crippen LogP contribution in [0, 0.1) is 0 Å². The van der Waals surface area contributed by atoms with Crippen LogP contribution in [0.5, 0.6) is 0 Å². The molecule has 134 valence electrons. The molecule has 0 amide bonds. The van der Waals surface area contributed by atoms with Crippen LogP contribution < -0.4 is 0 Å². The lowest BCUT2D eigenvalue weighted by Gasteiger charge is -2.39. The third-order valence-corrected chi connectivity index (χ3v) is 4.14. The van der Waals surface area contributed by atoms with E-state index >= 15 is 0 Å². The zero-order chi connectivity index (χ0) is 17.9. The molecule has 2 unspecified atom stereocenters. The van der Waals surface area contributed by atoms with E-state index < -0.39 is 71.0 Å². The van der Waals surface area contributed by atoms with Crippen molar-refractivity contribution in [1.82, 2.24) is 0 Å². The molecule has 6 N–H and O–H groups in total. The van der Waals surface area contributed by atoms with E-state index in [-0.39, 0.29) is 0 Å². The average molecular weight is 360 g/mol. The Labute approximate surface area is 129 Å². The van der Waals surface area contributed by atoms with Gasteiger partial charge in [0, 0.05) is 0 Å². The van der Waals surface area contributed by atoms with Gasteiger partial charge in [-0.2, -0.15) is 8.42 Å². The monoisotopic (exact) mass is 360 g/mol. The molecule has 0 aromatic heterocycles. The second-order valence-electron chi connectivity index (χ2n) is 4.74. The van der Waals surface area contributed by atoms with Crippen molar-refractivity contribution in [3.63, 3.8) is 0 Å². The van der Waals surface area contributed by atoms with Gasteiger partial charge in [-0.1, -0.05) is 0 Å². The Morgan fingerprint density at radius 3 is 2.13 bits per heavy atom. The quantitative estimate of drug-likeness (QED) is 0.198. The molecule has 0 radical (unpaired) electrons. The SMILES string of the molecule is O=C(O)CC(C(=O)OC1O[C@H](CO)[C@@H](O)[C@H](O)[C@H]1O)S(=O)(=O)O. The number of carboxylic acids is 1. The van der Waals surface area contributed by atoms with Gasteiger partial charge in [0.15, 0.2) is 5.25 Å². The number of carbonyl (C=O) groups excluding carboxylic acids is 1. The van der Waals surface area contributed by atoms with Crippen molar-refractivity contribution in [2.45, 2.75) is 42.4 Å². The maximum atomic E-state index is 11.7. The van der Waals surface area contributed by atoms with Crippen molar-refractivity contribution in [2.24, 2.45) is 0 Å². The van der Waals surface area contributed by atoms with Crippen LogP contribution in [-0.4, -0.2) is 93.0 Å². The largest absolute Gasteiger partial charge is 0.481 e. The summed E-state index contributed by atoms with van der Waals surface area (Å²) in [6, 6.07) is 0. The van der Waals surface area contributed by atoms with Crippen LogP contribution in [-0.2, 0) is 29.2 Å². The van der Waals surface area contributed by atoms with Gasteiger partial charge in [0.1, 0.15) is 24.4 Å². The lowest BCUT2D eigenvalue weighted by molar-refractivity contribution is -0.292. The van der Waals surface area contributed by atoms with E-state index in [1.54, 1.807) is 0 Å². The topological polar surface area (TPSA) is 208 Å². The molecule has 12 nitrogen and oxygen atoms in total. The van der Waals surface area contributed by atoms with Gasteiger partial charge < -0.3 is 35.0 Å². The molecule has 1 rings (SSSR count). The molecule has 0 spiro atoms. The first-order valence-corrected chi connectivity index (χ1v) is 7.68. The van der Waals surface area contributed by atoms with Gasteiger partial charge in [-0.05, 0) is 0 Å². The lowest BCUT2D eigenvalue weighted by atomic mass is 9.99. The summed E-state index contributed by atoms with van der Waals surface area (Å²) in [5.41, 5.74) is 0. The molecule has 0 aliphatic carbocycles. The number of ether oxygens (including phenoxy) is 2. The average Bonchev–Trinajstić information content (AvgIpc) is 2.43. The van der Waals surface area contributed by atoms with Gasteiger partial charge in [0.2, 0.25) is 6.29 Å². The Hall–Kier alpha value is -1.35. The number of esters is 1. The highest BCUT2D eigenvalue weighted by Crippen LogP contribution is 2.23. The molecule has 0 bridgehead atoms. The zero-order valence-corrected chi connectivity index (χ0v) is 12.2. The number of aliphatic hydroxyl groups is 4. The molecule has 13 heteroatoms. The van der Waals surface area contributed by atoms with Crippen molar-refractivity contribution in [3.8, 4) is 0 Å². The van der Waals surface area contributed by atoms with Gasteiger partial charge in [-0.15, -0.1) is 0 Å². The first-order valence-electron chi connectivity index (χ1n) is 6.18. The molecular weight excluding hydrogens is 344 g/mol. The summed E-state index contributed by atoms with van der Waals surface area (Å²) < 4.78 is 40.2. The first kappa shape index (κ1) is 19.7. The van der Waals surface area contributed by atoms with Crippen molar-refractivity contribution < 1.29 is 57.6 Å². The number of aliphatic hydroxyl groups excluding tert-OH is 4. The molecule has 1 fully saturated rings. The highest BCUT2D eigenvalue weighted by molar-refractivity contribution is 7.87. The fraction of sp³-hybridized carbons (Fsp3) is 0.800. The number of hydrogen-bond acceptors (Lipinski definition) is 10. The van der Waals surface area contributed by atoms with E-state index in [1.165, 1.54) is 0 Å². The van der Waals surface area contributed by atoms with Gasteiger partial charge in [0.05, 0.1) is 13.0 Å². The lowest BCUT2D eigenvalue weighted by Crippen LogP contribution is -2.60. The molecule has 0 saturated carbocycles. The fourth-order valence-electron chi connectivity index (χ4n) is 1.82. The maximum Gasteiger partial charge on any atom is 0.329 e. The molecule has 0 aromatic carbocycles. The molecule has 1 heterocycles. The second kappa shape index (κ2) is 7.48. The van der Waals surface area contributed by atoms with Gasteiger partial charge in [-0.3, -0.25) is 14.1 Å². The molecular formula is C10H16O12S. The van der Waals surface area contributed by atoms with Crippen LogP contribution in [0.3, 0.4) is 0 Å². The second-order valence-corrected chi connectivity index (χ2v) is 6.33. The molecule has 1 aliphatic rings. The van der Waals surface area contributed by atoms with E-state index in [0.717, 1.165) is 0 Å². The van der Waals surface area contributed by atoms with E-state index in [4.69, 9.17) is 19.5 Å². The third kappa shape index (κ3) is 4.81. The van der Waals surface area contributed by atoms with Gasteiger partial charge >= 0.3 is 11.9 Å². The normalized spacial score (nSPS) is 33.0. The Bertz CT molecular complexity index is 542. The van der Waals surface area contributed by atoms with Crippen molar-refractivity contribution in [3.05, 3.63) is 0 Å². The standard InChI is InChI=1S/C10H16O12S/c11-2-3-6(14)7(15)8(16)10(21-3)22-9(17)4(1-5(12)13)23(18,19)20/h3-4,6-8,10-11,14-16H,1-2H2,(H,12,13)(H,18,19,20)/t3-,4?,6-,7+,8-,10?/m1/s1. The maximum absolute atomic E-state index is 11.7. The number of rotatable bonds is 6. The number of carbonyl (C=O) groups is 2. The summed E-state index contributed by atoms with van der Waals surface area (Å²) in [5, 5.41) is 43.6. The van der Waals surface area contributed by atoms with Crippen LogP contribution in [0.1, 0.15) is 6.42 Å². The minimum atomic E-state index is -5.12. The van der Waals surface area contributed by atoms with E-state index in [2.05, 4.69) is 4.74 Å². The van der Waals surface area contributed by atoms with Crippen molar-refractivity contribution in [2.75, 3.05) is 6.61 Å². The highest BCUT2D eigenvalue weighted by Gasteiger charge is 2.47. The highest BCUT2D eigenvalue weighted by atomic mass is 32.2. The number of carboxylic acid groups (broad SMARTS) is 1. The van der Waals surface area contributed by atoms with Gasteiger partial charge in [0.25, 0.3) is 10.1 Å². The Kier molecular flexibility index (Phi) is 6.41. The molecule has 1 aliphatic heterocycles. The first-order chi connectivity index (χ1) is 10.5. The zero-order valence-electron chi connectivity index (χ0n) is 11.4. The van der Waals surface area contributed by atoms with E-state index in [9.17, 15) is 33.3 Å². The predicted molar refractivity (Wildman–Crippen MR) is 67.4 cm³/mol. The third-order valence-electron chi connectivity index (χ3n) is 3.06. The fourth-order valence-corrected chi connectivity index (χ4v) is 2.48. The van der Waals surface area contributed by atoms with Crippen LogP contribution >= 0.6 is 0 Å². The summed E-state index contributed by atoms with van der Waals surface area (Å²) in [4.78, 5) is 22.2. The Balaban J connectivity index is 2.90. The summed E-state index contributed by atoms with van der Waals surface area (Å²) in [7, 11) is -5.12. The van der Waals surface area contributed by atoms with Crippen LogP contribution in [0.15, 0.2) is 0 Å². The molecule has 6 atom stereocenters. The minimum Gasteiger partial charge on any atom is -0.481 e. The van der Waals surface area contributed by atoms with E-state index in [0.29, 0.717) is 0 Å². The van der Waals surface area contributed by atoms with Crippen molar-refractivity contribution in [1.29, 1.82) is 0 Å². The summed E-state index contributed by atoms with van der Waals surface area (Å²) in [5.74, 6) is -3.47. The van der Waals surface area contributed by atoms with E-state index in [1.807, 2.05) is 0 Å². The van der Waals surface area contributed by atoms with Gasteiger partial charge in [-0.25, -0.2) is 0 Å².